The number of hydrogen-bond donors (Lipinski definition) is 3. The molecule has 1 atom stereocenters. The van der Waals surface area contributed by atoms with Gasteiger partial charge in [0.05, 0.1) is 26.3 Å². The van der Waals surface area contributed by atoms with Crippen LogP contribution in [0.5, 0.6) is 0 Å². The molecule has 0 aromatic heterocycles. The molecule has 0 aliphatic rings. The Labute approximate surface area is 137 Å². The molecule has 4 N–H and O–H groups in total. The lowest BCUT2D eigenvalue weighted by Crippen LogP contribution is -2.41. The average molecular weight is 330 g/mol. The van der Waals surface area contributed by atoms with Crippen LogP contribution in [0.3, 0.4) is 0 Å². The molecule has 0 spiro atoms. The topological polar surface area (TPSA) is 93.5 Å². The van der Waals surface area contributed by atoms with E-state index in [2.05, 4.69) is 10.6 Å². The second-order valence-corrected chi connectivity index (χ2v) is 4.89. The van der Waals surface area contributed by atoms with E-state index in [9.17, 15) is 9.59 Å². The molecular formula is C15H24ClN3O3. The molecule has 1 unspecified atom stereocenters. The van der Waals surface area contributed by atoms with Gasteiger partial charge in [-0.15, -0.1) is 12.4 Å². The van der Waals surface area contributed by atoms with Crippen molar-refractivity contribution in [2.24, 2.45) is 11.7 Å². The number of ether oxygens (including phenoxy) is 1. The molecule has 0 aliphatic carbocycles. The van der Waals surface area contributed by atoms with Crippen molar-refractivity contribution in [3.63, 3.8) is 0 Å². The minimum atomic E-state index is -0.343. The van der Waals surface area contributed by atoms with Crippen LogP contribution >= 0.6 is 12.4 Å². The molecule has 1 aromatic carbocycles. The molecule has 6 nitrogen and oxygen atoms in total. The van der Waals surface area contributed by atoms with Crippen LogP contribution in [0.15, 0.2) is 30.3 Å². The van der Waals surface area contributed by atoms with Crippen molar-refractivity contribution >= 4 is 24.2 Å². The summed E-state index contributed by atoms with van der Waals surface area (Å²) in [5.41, 5.74) is 6.25. The Morgan fingerprint density at radius 1 is 1.18 bits per heavy atom. The number of halogens is 1. The number of amides is 2. The highest BCUT2D eigenvalue weighted by Crippen LogP contribution is 2.02. The van der Waals surface area contributed by atoms with Gasteiger partial charge in [-0.1, -0.05) is 37.3 Å². The standard InChI is InChI=1S/C15H23N3O3.ClH/c1-12(8-17-15(20)9-18-14(19)7-16)10-21-11-13-5-3-2-4-6-13;/h2-6,12H,7-11,16H2,1H3,(H,17,20)(H,18,19);1H. The molecule has 0 heterocycles. The minimum Gasteiger partial charge on any atom is -0.376 e. The summed E-state index contributed by atoms with van der Waals surface area (Å²) in [6.45, 7) is 3.45. The van der Waals surface area contributed by atoms with E-state index in [0.717, 1.165) is 5.56 Å². The minimum absolute atomic E-state index is 0. The van der Waals surface area contributed by atoms with E-state index in [1.54, 1.807) is 0 Å². The van der Waals surface area contributed by atoms with Gasteiger partial charge in [-0.2, -0.15) is 0 Å². The monoisotopic (exact) mass is 329 g/mol. The molecule has 1 aromatic rings. The highest BCUT2D eigenvalue weighted by atomic mass is 35.5. The van der Waals surface area contributed by atoms with Crippen molar-refractivity contribution in [3.8, 4) is 0 Å². The summed E-state index contributed by atoms with van der Waals surface area (Å²) < 4.78 is 5.59. The van der Waals surface area contributed by atoms with Crippen molar-refractivity contribution < 1.29 is 14.3 Å². The lowest BCUT2D eigenvalue weighted by atomic mass is 10.2. The van der Waals surface area contributed by atoms with Gasteiger partial charge >= 0.3 is 0 Å². The van der Waals surface area contributed by atoms with E-state index in [1.165, 1.54) is 0 Å². The van der Waals surface area contributed by atoms with Crippen molar-refractivity contribution in [1.82, 2.24) is 10.6 Å². The largest absolute Gasteiger partial charge is 0.376 e. The van der Waals surface area contributed by atoms with E-state index >= 15 is 0 Å². The first-order valence-electron chi connectivity index (χ1n) is 6.97. The fourth-order valence-corrected chi connectivity index (χ4v) is 1.61. The predicted octanol–water partition coefficient (Wildman–Crippen LogP) is 0.452. The van der Waals surface area contributed by atoms with E-state index in [0.29, 0.717) is 19.8 Å². The molecule has 124 valence electrons. The number of benzene rings is 1. The zero-order valence-corrected chi connectivity index (χ0v) is 13.5. The van der Waals surface area contributed by atoms with Gasteiger partial charge in [-0.3, -0.25) is 9.59 Å². The van der Waals surface area contributed by atoms with Gasteiger partial charge in [0.25, 0.3) is 0 Å². The Bertz CT molecular complexity index is 443. The third kappa shape index (κ3) is 9.33. The maximum atomic E-state index is 11.5. The third-order valence-electron chi connectivity index (χ3n) is 2.79. The van der Waals surface area contributed by atoms with Gasteiger partial charge in [0.2, 0.25) is 11.8 Å². The van der Waals surface area contributed by atoms with Crippen molar-refractivity contribution in [2.45, 2.75) is 13.5 Å². The van der Waals surface area contributed by atoms with Crippen LogP contribution in [0.4, 0.5) is 0 Å². The summed E-state index contributed by atoms with van der Waals surface area (Å²) in [5.74, 6) is -0.376. The van der Waals surface area contributed by atoms with Crippen LogP contribution in [0.2, 0.25) is 0 Å². The van der Waals surface area contributed by atoms with Crippen molar-refractivity contribution in [3.05, 3.63) is 35.9 Å². The molecule has 2 amide bonds. The fraction of sp³-hybridized carbons (Fsp3) is 0.467. The summed E-state index contributed by atoms with van der Waals surface area (Å²) in [4.78, 5) is 22.4. The number of hydrogen-bond acceptors (Lipinski definition) is 4. The van der Waals surface area contributed by atoms with Gasteiger partial charge in [0, 0.05) is 6.54 Å². The molecule has 0 radical (unpaired) electrons. The zero-order chi connectivity index (χ0) is 15.5. The van der Waals surface area contributed by atoms with Crippen LogP contribution < -0.4 is 16.4 Å². The second kappa shape index (κ2) is 12.0. The highest BCUT2D eigenvalue weighted by molar-refractivity contribution is 5.85. The second-order valence-electron chi connectivity index (χ2n) is 4.89. The normalized spacial score (nSPS) is 11.2. The Morgan fingerprint density at radius 3 is 2.50 bits per heavy atom. The molecule has 0 aliphatic heterocycles. The molecular weight excluding hydrogens is 306 g/mol. The number of nitrogens with one attached hydrogen (secondary N) is 2. The smallest absolute Gasteiger partial charge is 0.239 e. The first kappa shape index (κ1) is 20.4. The molecule has 1 rings (SSSR count). The summed E-state index contributed by atoms with van der Waals surface area (Å²) >= 11 is 0. The van der Waals surface area contributed by atoms with E-state index in [4.69, 9.17) is 10.5 Å². The van der Waals surface area contributed by atoms with Crippen LogP contribution in [-0.4, -0.2) is 38.1 Å². The van der Waals surface area contributed by atoms with Gasteiger partial charge in [-0.05, 0) is 11.5 Å². The lowest BCUT2D eigenvalue weighted by Gasteiger charge is -2.13. The first-order chi connectivity index (χ1) is 10.1. The summed E-state index contributed by atoms with van der Waals surface area (Å²) in [5, 5.41) is 5.15. The number of rotatable bonds is 9. The van der Waals surface area contributed by atoms with Crippen LogP contribution in [-0.2, 0) is 20.9 Å². The molecule has 0 fully saturated rings. The number of nitrogens with two attached hydrogens (primary N) is 1. The first-order valence-corrected chi connectivity index (χ1v) is 6.97. The molecule has 0 saturated heterocycles. The van der Waals surface area contributed by atoms with Gasteiger partial charge in [0.15, 0.2) is 0 Å². The van der Waals surface area contributed by atoms with Gasteiger partial charge in [-0.25, -0.2) is 0 Å². The molecule has 0 bridgehead atoms. The lowest BCUT2D eigenvalue weighted by molar-refractivity contribution is -0.125. The van der Waals surface area contributed by atoms with E-state index < -0.39 is 0 Å². The predicted molar refractivity (Wildman–Crippen MR) is 87.6 cm³/mol. The number of carbonyl (C=O) groups is 2. The molecule has 22 heavy (non-hydrogen) atoms. The summed E-state index contributed by atoms with van der Waals surface area (Å²) in [6.07, 6.45) is 0. The maximum Gasteiger partial charge on any atom is 0.239 e. The van der Waals surface area contributed by atoms with Crippen LogP contribution in [0.25, 0.3) is 0 Å². The van der Waals surface area contributed by atoms with Gasteiger partial charge in [0.1, 0.15) is 0 Å². The van der Waals surface area contributed by atoms with Crippen molar-refractivity contribution in [2.75, 3.05) is 26.2 Å². The maximum absolute atomic E-state index is 11.5. The third-order valence-corrected chi connectivity index (χ3v) is 2.79. The van der Waals surface area contributed by atoms with Crippen LogP contribution in [0, 0.1) is 5.92 Å². The molecule has 0 saturated carbocycles. The summed E-state index contributed by atoms with van der Waals surface area (Å²) in [6, 6.07) is 9.92. The zero-order valence-electron chi connectivity index (χ0n) is 12.7. The molecule has 7 heteroatoms. The Morgan fingerprint density at radius 2 is 1.86 bits per heavy atom. The average Bonchev–Trinajstić information content (AvgIpc) is 2.51. The van der Waals surface area contributed by atoms with E-state index in [-0.39, 0.29) is 43.2 Å². The fourth-order valence-electron chi connectivity index (χ4n) is 1.61. The van der Waals surface area contributed by atoms with Crippen LogP contribution in [0.1, 0.15) is 12.5 Å². The highest BCUT2D eigenvalue weighted by Gasteiger charge is 2.07. The number of carbonyl (C=O) groups excluding carboxylic acids is 2. The van der Waals surface area contributed by atoms with Gasteiger partial charge < -0.3 is 21.1 Å². The Kier molecular flexibility index (Phi) is 11.1. The SMILES string of the molecule is CC(CNC(=O)CNC(=O)CN)COCc1ccccc1.Cl. The Hall–Kier alpha value is -1.63. The Balaban J connectivity index is 0.00000441. The van der Waals surface area contributed by atoms with Crippen molar-refractivity contribution in [1.29, 1.82) is 0 Å². The summed E-state index contributed by atoms with van der Waals surface area (Å²) in [7, 11) is 0. The van der Waals surface area contributed by atoms with E-state index in [1.807, 2.05) is 37.3 Å². The quantitative estimate of drug-likeness (QED) is 0.613.